The summed E-state index contributed by atoms with van der Waals surface area (Å²) in [5.41, 5.74) is 2.50. The van der Waals surface area contributed by atoms with Crippen molar-refractivity contribution in [3.05, 3.63) is 35.4 Å². The molecule has 0 aromatic heterocycles. The molecule has 0 radical (unpaired) electrons. The van der Waals surface area contributed by atoms with E-state index < -0.39 is 0 Å². The summed E-state index contributed by atoms with van der Waals surface area (Å²) < 4.78 is 4.67. The SMILES string of the molecule is CCCN(C)C(C)c1cccc(CCC(=O)OC)c1. The molecule has 1 unspecified atom stereocenters. The van der Waals surface area contributed by atoms with Gasteiger partial charge in [-0.3, -0.25) is 9.69 Å². The van der Waals surface area contributed by atoms with Crippen LogP contribution in [0, 0.1) is 0 Å². The molecule has 1 rings (SSSR count). The number of methoxy groups -OCH3 is 1. The summed E-state index contributed by atoms with van der Waals surface area (Å²) in [6, 6.07) is 8.88. The molecule has 0 aliphatic heterocycles. The van der Waals surface area contributed by atoms with Crippen LogP contribution in [0.5, 0.6) is 0 Å². The zero-order chi connectivity index (χ0) is 14.3. The quantitative estimate of drug-likeness (QED) is 0.708. The van der Waals surface area contributed by atoms with Gasteiger partial charge in [-0.1, -0.05) is 31.2 Å². The first-order chi connectivity index (χ1) is 9.08. The number of nitrogens with zero attached hydrogens (tertiary/aromatic N) is 1. The summed E-state index contributed by atoms with van der Waals surface area (Å²) in [4.78, 5) is 13.5. The van der Waals surface area contributed by atoms with E-state index in [0.717, 1.165) is 19.4 Å². The molecule has 1 aromatic carbocycles. The van der Waals surface area contributed by atoms with E-state index in [0.29, 0.717) is 12.5 Å². The lowest BCUT2D eigenvalue weighted by Gasteiger charge is -2.24. The lowest BCUT2D eigenvalue weighted by atomic mass is 10.0. The number of benzene rings is 1. The molecule has 0 bridgehead atoms. The minimum absolute atomic E-state index is 0.151. The second kappa shape index (κ2) is 7.95. The zero-order valence-electron chi connectivity index (χ0n) is 12.5. The largest absolute Gasteiger partial charge is 0.469 e. The molecule has 0 heterocycles. The van der Waals surface area contributed by atoms with Crippen LogP contribution in [0.2, 0.25) is 0 Å². The Balaban J connectivity index is 2.68. The molecule has 3 nitrogen and oxygen atoms in total. The normalized spacial score (nSPS) is 12.5. The van der Waals surface area contributed by atoms with E-state index in [9.17, 15) is 4.79 Å². The Kier molecular flexibility index (Phi) is 6.57. The molecule has 1 atom stereocenters. The first kappa shape index (κ1) is 15.7. The van der Waals surface area contributed by atoms with Crippen LogP contribution in [0.25, 0.3) is 0 Å². The first-order valence-electron chi connectivity index (χ1n) is 6.94. The van der Waals surface area contributed by atoms with Gasteiger partial charge in [-0.05, 0) is 44.5 Å². The van der Waals surface area contributed by atoms with Crippen LogP contribution >= 0.6 is 0 Å². The summed E-state index contributed by atoms with van der Waals surface area (Å²) >= 11 is 0. The van der Waals surface area contributed by atoms with Crippen molar-refractivity contribution < 1.29 is 9.53 Å². The fourth-order valence-corrected chi connectivity index (χ4v) is 2.16. The Hall–Kier alpha value is -1.35. The molecule has 0 amide bonds. The van der Waals surface area contributed by atoms with E-state index in [-0.39, 0.29) is 5.97 Å². The molecule has 0 saturated heterocycles. The number of esters is 1. The highest BCUT2D eigenvalue weighted by atomic mass is 16.5. The Morgan fingerprint density at radius 2 is 2.16 bits per heavy atom. The molecule has 0 aliphatic carbocycles. The Labute approximate surface area is 116 Å². The van der Waals surface area contributed by atoms with Crippen LogP contribution in [-0.4, -0.2) is 31.6 Å². The molecule has 0 saturated carbocycles. The molecule has 0 spiro atoms. The van der Waals surface area contributed by atoms with E-state index in [1.54, 1.807) is 0 Å². The maximum atomic E-state index is 11.2. The fourth-order valence-electron chi connectivity index (χ4n) is 2.16. The van der Waals surface area contributed by atoms with Gasteiger partial charge in [0, 0.05) is 12.5 Å². The van der Waals surface area contributed by atoms with Crippen LogP contribution in [0.4, 0.5) is 0 Å². The molecule has 3 heteroatoms. The predicted octanol–water partition coefficient (Wildman–Crippen LogP) is 3.20. The second-order valence-electron chi connectivity index (χ2n) is 4.98. The smallest absolute Gasteiger partial charge is 0.305 e. The number of hydrogen-bond acceptors (Lipinski definition) is 3. The van der Waals surface area contributed by atoms with Crippen molar-refractivity contribution in [2.75, 3.05) is 20.7 Å². The Morgan fingerprint density at radius 1 is 1.42 bits per heavy atom. The van der Waals surface area contributed by atoms with Crippen LogP contribution < -0.4 is 0 Å². The molecule has 19 heavy (non-hydrogen) atoms. The molecule has 0 fully saturated rings. The van der Waals surface area contributed by atoms with Crippen molar-refractivity contribution in [1.29, 1.82) is 0 Å². The van der Waals surface area contributed by atoms with Crippen molar-refractivity contribution >= 4 is 5.97 Å². The third kappa shape index (κ3) is 5.03. The lowest BCUT2D eigenvalue weighted by molar-refractivity contribution is -0.140. The van der Waals surface area contributed by atoms with Crippen LogP contribution in [0.1, 0.15) is 43.9 Å². The summed E-state index contributed by atoms with van der Waals surface area (Å²) in [5.74, 6) is -0.151. The van der Waals surface area contributed by atoms with E-state index in [1.807, 2.05) is 0 Å². The highest BCUT2D eigenvalue weighted by Crippen LogP contribution is 2.20. The van der Waals surface area contributed by atoms with Crippen molar-refractivity contribution in [2.24, 2.45) is 0 Å². The second-order valence-corrected chi connectivity index (χ2v) is 4.98. The van der Waals surface area contributed by atoms with Gasteiger partial charge in [0.1, 0.15) is 0 Å². The number of carbonyl (C=O) groups is 1. The monoisotopic (exact) mass is 263 g/mol. The van der Waals surface area contributed by atoms with E-state index >= 15 is 0 Å². The lowest BCUT2D eigenvalue weighted by Crippen LogP contribution is -2.23. The van der Waals surface area contributed by atoms with Gasteiger partial charge in [-0.2, -0.15) is 0 Å². The summed E-state index contributed by atoms with van der Waals surface area (Å²) in [6.45, 7) is 5.50. The maximum Gasteiger partial charge on any atom is 0.305 e. The van der Waals surface area contributed by atoms with Gasteiger partial charge < -0.3 is 4.74 Å². The Morgan fingerprint density at radius 3 is 2.79 bits per heavy atom. The average Bonchev–Trinajstić information content (AvgIpc) is 2.44. The van der Waals surface area contributed by atoms with Gasteiger partial charge in [-0.25, -0.2) is 0 Å². The van der Waals surface area contributed by atoms with E-state index in [1.165, 1.54) is 18.2 Å². The van der Waals surface area contributed by atoms with Crippen molar-refractivity contribution in [3.63, 3.8) is 0 Å². The molecule has 0 N–H and O–H groups in total. The highest BCUT2D eigenvalue weighted by Gasteiger charge is 2.11. The molecule has 1 aromatic rings. The molecular weight excluding hydrogens is 238 g/mol. The van der Waals surface area contributed by atoms with Gasteiger partial charge >= 0.3 is 5.97 Å². The number of hydrogen-bond donors (Lipinski definition) is 0. The van der Waals surface area contributed by atoms with Gasteiger partial charge in [0.05, 0.1) is 7.11 Å². The molecule has 106 valence electrons. The van der Waals surface area contributed by atoms with Crippen molar-refractivity contribution in [2.45, 2.75) is 39.2 Å². The summed E-state index contributed by atoms with van der Waals surface area (Å²) in [7, 11) is 3.58. The fraction of sp³-hybridized carbons (Fsp3) is 0.562. The molecule has 0 aliphatic rings. The van der Waals surface area contributed by atoms with E-state index in [4.69, 9.17) is 0 Å². The van der Waals surface area contributed by atoms with Crippen molar-refractivity contribution in [1.82, 2.24) is 4.90 Å². The average molecular weight is 263 g/mol. The number of ether oxygens (including phenoxy) is 1. The summed E-state index contributed by atoms with van der Waals surface area (Å²) in [5, 5.41) is 0. The minimum atomic E-state index is -0.151. The van der Waals surface area contributed by atoms with Gasteiger partial charge in [0.2, 0.25) is 0 Å². The Bertz CT molecular complexity index is 403. The van der Waals surface area contributed by atoms with E-state index in [2.05, 4.69) is 54.8 Å². The van der Waals surface area contributed by atoms with Gasteiger partial charge in [0.15, 0.2) is 0 Å². The van der Waals surface area contributed by atoms with Gasteiger partial charge in [-0.15, -0.1) is 0 Å². The topological polar surface area (TPSA) is 29.5 Å². The summed E-state index contributed by atoms with van der Waals surface area (Å²) in [6.07, 6.45) is 2.34. The first-order valence-corrected chi connectivity index (χ1v) is 6.94. The van der Waals surface area contributed by atoms with Crippen LogP contribution in [0.3, 0.4) is 0 Å². The van der Waals surface area contributed by atoms with Crippen LogP contribution in [-0.2, 0) is 16.0 Å². The third-order valence-corrected chi connectivity index (χ3v) is 3.52. The number of rotatable bonds is 7. The van der Waals surface area contributed by atoms with Crippen molar-refractivity contribution in [3.8, 4) is 0 Å². The predicted molar refractivity (Wildman–Crippen MR) is 78.1 cm³/mol. The molecular formula is C16H25NO2. The van der Waals surface area contributed by atoms with Crippen LogP contribution in [0.15, 0.2) is 24.3 Å². The number of carbonyl (C=O) groups excluding carboxylic acids is 1. The standard InChI is InChI=1S/C16H25NO2/c1-5-11-17(3)13(2)15-8-6-7-14(12-15)9-10-16(18)19-4/h6-8,12-13H,5,9-11H2,1-4H3. The van der Waals surface area contributed by atoms with Gasteiger partial charge in [0.25, 0.3) is 0 Å². The maximum absolute atomic E-state index is 11.2. The third-order valence-electron chi connectivity index (χ3n) is 3.52. The number of aryl methyl sites for hydroxylation is 1. The minimum Gasteiger partial charge on any atom is -0.469 e. The zero-order valence-corrected chi connectivity index (χ0v) is 12.5. The highest BCUT2D eigenvalue weighted by molar-refractivity contribution is 5.69.